The van der Waals surface area contributed by atoms with Crippen LogP contribution in [0.1, 0.15) is 17.0 Å². The standard InChI is InChI=1S/C17H22N2O3S/c1-12-19-16(11-23-12)14-5-3-13(4-6-14)9-17(21)18-8-7-15(20)10-22-2/h3-6,11,15,20H,7-10H2,1-2H3,(H,18,21). The number of aliphatic hydroxyl groups is 1. The molecule has 2 N–H and O–H groups in total. The maximum atomic E-state index is 11.9. The van der Waals surface area contributed by atoms with Crippen LogP contribution in [0.25, 0.3) is 11.3 Å². The Morgan fingerprint density at radius 3 is 2.74 bits per heavy atom. The molecule has 1 aromatic carbocycles. The van der Waals surface area contributed by atoms with Crippen LogP contribution in [0.5, 0.6) is 0 Å². The van der Waals surface area contributed by atoms with E-state index in [1.165, 1.54) is 0 Å². The van der Waals surface area contributed by atoms with Gasteiger partial charge >= 0.3 is 0 Å². The lowest BCUT2D eigenvalue weighted by atomic mass is 10.1. The van der Waals surface area contributed by atoms with Crippen LogP contribution in [0.15, 0.2) is 29.6 Å². The highest BCUT2D eigenvalue weighted by molar-refractivity contribution is 7.09. The number of aliphatic hydroxyl groups excluding tert-OH is 1. The van der Waals surface area contributed by atoms with Gasteiger partial charge in [0.05, 0.1) is 29.8 Å². The van der Waals surface area contributed by atoms with E-state index in [0.717, 1.165) is 21.8 Å². The number of hydrogen-bond acceptors (Lipinski definition) is 5. The van der Waals surface area contributed by atoms with Crippen LogP contribution in [0.4, 0.5) is 0 Å². The molecule has 1 heterocycles. The lowest BCUT2D eigenvalue weighted by Crippen LogP contribution is -2.29. The number of hydrogen-bond donors (Lipinski definition) is 2. The summed E-state index contributed by atoms with van der Waals surface area (Å²) in [6, 6.07) is 7.87. The molecule has 5 nitrogen and oxygen atoms in total. The van der Waals surface area contributed by atoms with Crippen molar-refractivity contribution in [1.82, 2.24) is 10.3 Å². The monoisotopic (exact) mass is 334 g/mol. The van der Waals surface area contributed by atoms with E-state index in [9.17, 15) is 9.90 Å². The fourth-order valence-corrected chi connectivity index (χ4v) is 2.81. The zero-order chi connectivity index (χ0) is 16.7. The van der Waals surface area contributed by atoms with Gasteiger partial charge in [-0.2, -0.15) is 0 Å². The fourth-order valence-electron chi connectivity index (χ4n) is 2.19. The molecule has 1 unspecified atom stereocenters. The highest BCUT2D eigenvalue weighted by Crippen LogP contribution is 2.21. The van der Waals surface area contributed by atoms with Crippen molar-refractivity contribution in [1.29, 1.82) is 0 Å². The summed E-state index contributed by atoms with van der Waals surface area (Å²) in [7, 11) is 1.54. The maximum absolute atomic E-state index is 11.9. The average molecular weight is 334 g/mol. The summed E-state index contributed by atoms with van der Waals surface area (Å²) in [5.41, 5.74) is 2.98. The number of rotatable bonds is 8. The molecule has 0 aliphatic carbocycles. The zero-order valence-corrected chi connectivity index (χ0v) is 14.2. The fraction of sp³-hybridized carbons (Fsp3) is 0.412. The Morgan fingerprint density at radius 2 is 2.13 bits per heavy atom. The number of aromatic nitrogens is 1. The van der Waals surface area contributed by atoms with E-state index in [4.69, 9.17) is 4.74 Å². The lowest BCUT2D eigenvalue weighted by Gasteiger charge is -2.10. The van der Waals surface area contributed by atoms with Gasteiger partial charge in [-0.05, 0) is 18.9 Å². The van der Waals surface area contributed by atoms with Gasteiger partial charge in [-0.25, -0.2) is 4.98 Å². The molecule has 0 bridgehead atoms. The van der Waals surface area contributed by atoms with Crippen LogP contribution < -0.4 is 5.32 Å². The number of ether oxygens (including phenoxy) is 1. The average Bonchev–Trinajstić information content (AvgIpc) is 2.95. The quantitative estimate of drug-likeness (QED) is 0.776. The Bertz CT molecular complexity index is 625. The van der Waals surface area contributed by atoms with Gasteiger partial charge in [0, 0.05) is 24.6 Å². The van der Waals surface area contributed by atoms with Crippen LogP contribution in [-0.2, 0) is 16.0 Å². The van der Waals surface area contributed by atoms with Gasteiger partial charge in [0.15, 0.2) is 0 Å². The van der Waals surface area contributed by atoms with E-state index >= 15 is 0 Å². The molecule has 1 amide bonds. The first-order valence-corrected chi connectivity index (χ1v) is 8.41. The number of nitrogens with zero attached hydrogens (tertiary/aromatic N) is 1. The SMILES string of the molecule is COCC(O)CCNC(=O)Cc1ccc(-c2csc(C)n2)cc1. The predicted molar refractivity (Wildman–Crippen MR) is 91.5 cm³/mol. The van der Waals surface area contributed by atoms with Gasteiger partial charge in [0.25, 0.3) is 0 Å². The molecule has 23 heavy (non-hydrogen) atoms. The minimum atomic E-state index is -0.541. The van der Waals surface area contributed by atoms with Gasteiger partial charge in [0.2, 0.25) is 5.91 Å². The first kappa shape index (κ1) is 17.6. The second-order valence-electron chi connectivity index (χ2n) is 5.37. The zero-order valence-electron chi connectivity index (χ0n) is 13.4. The van der Waals surface area contributed by atoms with Crippen molar-refractivity contribution in [2.45, 2.75) is 25.9 Å². The highest BCUT2D eigenvalue weighted by Gasteiger charge is 2.07. The van der Waals surface area contributed by atoms with Crippen molar-refractivity contribution in [2.24, 2.45) is 0 Å². The van der Waals surface area contributed by atoms with Crippen LogP contribution in [0.2, 0.25) is 0 Å². The summed E-state index contributed by atoms with van der Waals surface area (Å²) in [5, 5.41) is 15.4. The summed E-state index contributed by atoms with van der Waals surface area (Å²) < 4.78 is 4.84. The molecule has 1 aromatic heterocycles. The molecular formula is C17H22N2O3S. The molecule has 0 saturated carbocycles. The van der Waals surface area contributed by atoms with Crippen LogP contribution >= 0.6 is 11.3 Å². The number of amides is 1. The number of nitrogens with one attached hydrogen (secondary N) is 1. The molecule has 1 atom stereocenters. The first-order valence-electron chi connectivity index (χ1n) is 7.53. The van der Waals surface area contributed by atoms with E-state index in [0.29, 0.717) is 19.4 Å². The lowest BCUT2D eigenvalue weighted by molar-refractivity contribution is -0.120. The topological polar surface area (TPSA) is 71.5 Å². The third kappa shape index (κ3) is 5.74. The van der Waals surface area contributed by atoms with E-state index in [2.05, 4.69) is 10.3 Å². The molecule has 0 saturated heterocycles. The molecule has 0 spiro atoms. The van der Waals surface area contributed by atoms with E-state index in [-0.39, 0.29) is 12.5 Å². The number of benzene rings is 1. The molecule has 2 rings (SSSR count). The number of carbonyl (C=O) groups is 1. The molecule has 0 radical (unpaired) electrons. The van der Waals surface area contributed by atoms with Crippen molar-refractivity contribution in [3.8, 4) is 11.3 Å². The van der Waals surface area contributed by atoms with Gasteiger partial charge in [0.1, 0.15) is 0 Å². The van der Waals surface area contributed by atoms with Crippen molar-refractivity contribution in [3.05, 3.63) is 40.2 Å². The summed E-state index contributed by atoms with van der Waals surface area (Å²) in [6.45, 7) is 2.71. The third-order valence-electron chi connectivity index (χ3n) is 3.39. The Kier molecular flexibility index (Phi) is 6.70. The molecular weight excluding hydrogens is 312 g/mol. The summed E-state index contributed by atoms with van der Waals surface area (Å²) in [5.74, 6) is -0.0492. The molecule has 124 valence electrons. The van der Waals surface area contributed by atoms with Crippen molar-refractivity contribution < 1.29 is 14.6 Å². The van der Waals surface area contributed by atoms with E-state index in [1.807, 2.05) is 36.6 Å². The van der Waals surface area contributed by atoms with Crippen LogP contribution in [0.3, 0.4) is 0 Å². The maximum Gasteiger partial charge on any atom is 0.224 e. The second kappa shape index (κ2) is 8.76. The number of thiazole rings is 1. The Morgan fingerprint density at radius 1 is 1.39 bits per heavy atom. The molecule has 0 aliphatic rings. The molecule has 0 fully saturated rings. The van der Waals surface area contributed by atoms with Gasteiger partial charge < -0.3 is 15.2 Å². The van der Waals surface area contributed by atoms with Crippen molar-refractivity contribution in [3.63, 3.8) is 0 Å². The summed E-state index contributed by atoms with van der Waals surface area (Å²) in [4.78, 5) is 16.3. The summed E-state index contributed by atoms with van der Waals surface area (Å²) in [6.07, 6.45) is 0.277. The van der Waals surface area contributed by atoms with Gasteiger partial charge in [-0.15, -0.1) is 11.3 Å². The van der Waals surface area contributed by atoms with Crippen LogP contribution in [-0.4, -0.2) is 42.4 Å². The Hall–Kier alpha value is -1.76. The predicted octanol–water partition coefficient (Wildman–Crippen LogP) is 2.17. The molecule has 6 heteroatoms. The summed E-state index contributed by atoms with van der Waals surface area (Å²) >= 11 is 1.62. The third-order valence-corrected chi connectivity index (χ3v) is 4.17. The smallest absolute Gasteiger partial charge is 0.224 e. The number of carbonyl (C=O) groups excluding carboxylic acids is 1. The Balaban J connectivity index is 1.80. The Labute approximate surface area is 140 Å². The second-order valence-corrected chi connectivity index (χ2v) is 6.44. The van der Waals surface area contributed by atoms with E-state index in [1.54, 1.807) is 18.4 Å². The normalized spacial score (nSPS) is 12.1. The minimum Gasteiger partial charge on any atom is -0.391 e. The highest BCUT2D eigenvalue weighted by atomic mass is 32.1. The minimum absolute atomic E-state index is 0.0492. The molecule has 0 aliphatic heterocycles. The molecule has 2 aromatic rings. The van der Waals surface area contributed by atoms with Crippen molar-refractivity contribution in [2.75, 3.05) is 20.3 Å². The van der Waals surface area contributed by atoms with Crippen molar-refractivity contribution >= 4 is 17.2 Å². The van der Waals surface area contributed by atoms with Crippen LogP contribution in [0, 0.1) is 6.92 Å². The largest absolute Gasteiger partial charge is 0.391 e. The number of methoxy groups -OCH3 is 1. The first-order chi connectivity index (χ1) is 11.1. The number of aryl methyl sites for hydroxylation is 1. The van der Waals surface area contributed by atoms with Gasteiger partial charge in [-0.3, -0.25) is 4.79 Å². The van der Waals surface area contributed by atoms with Gasteiger partial charge in [-0.1, -0.05) is 24.3 Å². The van der Waals surface area contributed by atoms with E-state index < -0.39 is 6.10 Å².